The Bertz CT molecular complexity index is 933. The summed E-state index contributed by atoms with van der Waals surface area (Å²) in [4.78, 5) is 23.5. The van der Waals surface area contributed by atoms with Crippen LogP contribution >= 0.6 is 23.1 Å². The maximum atomic E-state index is 13.4. The molecule has 3 aromatic rings. The van der Waals surface area contributed by atoms with E-state index in [1.54, 1.807) is 23.1 Å². The fourth-order valence-corrected chi connectivity index (χ4v) is 4.62. The van der Waals surface area contributed by atoms with Gasteiger partial charge in [-0.25, -0.2) is 4.98 Å². The molecule has 1 amide bonds. The molecule has 0 spiro atoms. The SMILES string of the molecule is CCN(CC)CCN(C(=O)c1ccc(SC)cc1)c1nc2c(C)cccc2s1. The molecule has 0 aliphatic heterocycles. The van der Waals surface area contributed by atoms with E-state index >= 15 is 0 Å². The Kier molecular flexibility index (Phi) is 7.10. The van der Waals surface area contributed by atoms with E-state index in [0.717, 1.165) is 45.4 Å². The molecule has 3 rings (SSSR count). The van der Waals surface area contributed by atoms with Crippen LogP contribution in [-0.2, 0) is 0 Å². The van der Waals surface area contributed by atoms with E-state index in [4.69, 9.17) is 4.98 Å². The highest BCUT2D eigenvalue weighted by atomic mass is 32.2. The molecule has 0 N–H and O–H groups in total. The van der Waals surface area contributed by atoms with Gasteiger partial charge in [-0.15, -0.1) is 11.8 Å². The van der Waals surface area contributed by atoms with Crippen molar-refractivity contribution in [3.05, 3.63) is 53.6 Å². The van der Waals surface area contributed by atoms with E-state index in [1.165, 1.54) is 0 Å². The average Bonchev–Trinajstić information content (AvgIpc) is 3.16. The number of carbonyl (C=O) groups excluding carboxylic acids is 1. The van der Waals surface area contributed by atoms with Gasteiger partial charge in [0, 0.05) is 23.5 Å². The van der Waals surface area contributed by atoms with Gasteiger partial charge >= 0.3 is 0 Å². The number of hydrogen-bond donors (Lipinski definition) is 0. The van der Waals surface area contributed by atoms with Gasteiger partial charge < -0.3 is 4.90 Å². The normalized spacial score (nSPS) is 11.3. The fourth-order valence-electron chi connectivity index (χ4n) is 3.14. The van der Waals surface area contributed by atoms with Crippen LogP contribution in [0.3, 0.4) is 0 Å². The Hall–Kier alpha value is -1.89. The van der Waals surface area contributed by atoms with Crippen LogP contribution < -0.4 is 4.90 Å². The third-order valence-electron chi connectivity index (χ3n) is 4.96. The van der Waals surface area contributed by atoms with Crippen LogP contribution in [0, 0.1) is 6.92 Å². The van der Waals surface area contributed by atoms with Crippen molar-refractivity contribution < 1.29 is 4.79 Å². The molecule has 6 heteroatoms. The lowest BCUT2D eigenvalue weighted by molar-refractivity contribution is 0.0983. The zero-order chi connectivity index (χ0) is 20.1. The minimum atomic E-state index is 0.0107. The summed E-state index contributed by atoms with van der Waals surface area (Å²) in [7, 11) is 0. The smallest absolute Gasteiger partial charge is 0.260 e. The first-order valence-electron chi connectivity index (χ1n) is 9.61. The third kappa shape index (κ3) is 4.57. The van der Waals surface area contributed by atoms with Crippen molar-refractivity contribution in [3.63, 3.8) is 0 Å². The second-order valence-electron chi connectivity index (χ2n) is 6.63. The van der Waals surface area contributed by atoms with Gasteiger partial charge in [-0.2, -0.15) is 0 Å². The molecule has 28 heavy (non-hydrogen) atoms. The monoisotopic (exact) mass is 413 g/mol. The second kappa shape index (κ2) is 9.54. The van der Waals surface area contributed by atoms with Crippen molar-refractivity contribution in [2.75, 3.05) is 37.3 Å². The highest BCUT2D eigenvalue weighted by Crippen LogP contribution is 2.31. The van der Waals surface area contributed by atoms with Crippen LogP contribution in [0.25, 0.3) is 10.2 Å². The van der Waals surface area contributed by atoms with E-state index in [0.29, 0.717) is 12.1 Å². The standard InChI is InChI=1S/C22H27N3OS2/c1-5-24(6-2)14-15-25(21(26)17-10-12-18(27-4)13-11-17)22-23-20-16(3)8-7-9-19(20)28-22/h7-13H,5-6,14-15H2,1-4H3. The van der Waals surface area contributed by atoms with Crippen LogP contribution in [0.1, 0.15) is 29.8 Å². The summed E-state index contributed by atoms with van der Waals surface area (Å²) in [5, 5.41) is 0.774. The van der Waals surface area contributed by atoms with Gasteiger partial charge in [0.15, 0.2) is 5.13 Å². The number of amides is 1. The summed E-state index contributed by atoms with van der Waals surface area (Å²) in [5.74, 6) is 0.0107. The van der Waals surface area contributed by atoms with Gasteiger partial charge in [0.05, 0.1) is 10.2 Å². The Morgan fingerprint density at radius 1 is 1.07 bits per heavy atom. The number of aryl methyl sites for hydroxylation is 1. The van der Waals surface area contributed by atoms with Gasteiger partial charge in [0.2, 0.25) is 0 Å². The molecule has 0 unspecified atom stereocenters. The van der Waals surface area contributed by atoms with Crippen LogP contribution in [0.5, 0.6) is 0 Å². The number of rotatable bonds is 8. The molecular formula is C22H27N3OS2. The average molecular weight is 414 g/mol. The number of hydrogen-bond acceptors (Lipinski definition) is 5. The predicted molar refractivity (Wildman–Crippen MR) is 122 cm³/mol. The number of benzene rings is 2. The quantitative estimate of drug-likeness (QED) is 0.469. The number of para-hydroxylation sites is 1. The predicted octanol–water partition coefficient (Wildman–Crippen LogP) is 5.32. The van der Waals surface area contributed by atoms with Gasteiger partial charge in [-0.05, 0) is 62.2 Å². The first-order valence-corrected chi connectivity index (χ1v) is 11.7. The lowest BCUT2D eigenvalue weighted by Crippen LogP contribution is -2.38. The fraction of sp³-hybridized carbons (Fsp3) is 0.364. The molecule has 0 radical (unpaired) electrons. The zero-order valence-electron chi connectivity index (χ0n) is 16.9. The van der Waals surface area contributed by atoms with E-state index in [-0.39, 0.29) is 5.91 Å². The summed E-state index contributed by atoms with van der Waals surface area (Å²) < 4.78 is 1.12. The van der Waals surface area contributed by atoms with Crippen LogP contribution in [-0.4, -0.2) is 48.2 Å². The summed E-state index contributed by atoms with van der Waals surface area (Å²) in [6.45, 7) is 9.77. The number of carbonyl (C=O) groups is 1. The Morgan fingerprint density at radius 2 is 1.79 bits per heavy atom. The summed E-state index contributed by atoms with van der Waals surface area (Å²) in [6.07, 6.45) is 2.04. The lowest BCUT2D eigenvalue weighted by Gasteiger charge is -2.24. The Morgan fingerprint density at radius 3 is 2.39 bits per heavy atom. The van der Waals surface area contributed by atoms with Gasteiger partial charge in [0.25, 0.3) is 5.91 Å². The largest absolute Gasteiger partial charge is 0.302 e. The molecule has 1 aromatic heterocycles. The maximum Gasteiger partial charge on any atom is 0.260 e. The molecule has 2 aromatic carbocycles. The highest BCUT2D eigenvalue weighted by molar-refractivity contribution is 7.98. The number of thiazole rings is 1. The second-order valence-corrected chi connectivity index (χ2v) is 8.52. The van der Waals surface area contributed by atoms with E-state index in [2.05, 4.69) is 37.8 Å². The topological polar surface area (TPSA) is 36.4 Å². The molecule has 4 nitrogen and oxygen atoms in total. The molecule has 0 fully saturated rings. The van der Waals surface area contributed by atoms with E-state index < -0.39 is 0 Å². The highest BCUT2D eigenvalue weighted by Gasteiger charge is 2.22. The summed E-state index contributed by atoms with van der Waals surface area (Å²) in [5.41, 5.74) is 2.83. The number of likely N-dealkylation sites (N-methyl/N-ethyl adjacent to an activating group) is 1. The Labute approximate surface area is 175 Å². The van der Waals surface area contributed by atoms with Gasteiger partial charge in [0.1, 0.15) is 0 Å². The molecule has 0 saturated heterocycles. The van der Waals surface area contributed by atoms with Crippen molar-refractivity contribution in [1.82, 2.24) is 9.88 Å². The minimum absolute atomic E-state index is 0.0107. The van der Waals surface area contributed by atoms with E-state index in [9.17, 15) is 4.79 Å². The van der Waals surface area contributed by atoms with Crippen LogP contribution in [0.2, 0.25) is 0 Å². The van der Waals surface area contributed by atoms with Gasteiger partial charge in [-0.1, -0.05) is 37.3 Å². The molecule has 0 saturated carbocycles. The van der Waals surface area contributed by atoms with Crippen molar-refractivity contribution in [2.24, 2.45) is 0 Å². The van der Waals surface area contributed by atoms with Crippen molar-refractivity contribution in [2.45, 2.75) is 25.7 Å². The molecule has 0 aliphatic carbocycles. The molecule has 1 heterocycles. The van der Waals surface area contributed by atoms with Crippen LogP contribution in [0.15, 0.2) is 47.4 Å². The molecule has 0 atom stereocenters. The first-order chi connectivity index (χ1) is 13.6. The maximum absolute atomic E-state index is 13.4. The molecular weight excluding hydrogens is 386 g/mol. The van der Waals surface area contributed by atoms with Crippen molar-refractivity contribution >= 4 is 44.4 Å². The summed E-state index contributed by atoms with van der Waals surface area (Å²) >= 11 is 3.27. The number of aromatic nitrogens is 1. The minimum Gasteiger partial charge on any atom is -0.302 e. The molecule has 0 bridgehead atoms. The lowest BCUT2D eigenvalue weighted by atomic mass is 10.2. The van der Waals surface area contributed by atoms with Crippen molar-refractivity contribution in [3.8, 4) is 0 Å². The number of nitrogens with zero attached hydrogens (tertiary/aromatic N) is 3. The number of anilines is 1. The molecule has 0 aliphatic rings. The van der Waals surface area contributed by atoms with E-state index in [1.807, 2.05) is 41.5 Å². The third-order valence-corrected chi connectivity index (χ3v) is 6.74. The number of thioether (sulfide) groups is 1. The van der Waals surface area contributed by atoms with Crippen molar-refractivity contribution in [1.29, 1.82) is 0 Å². The Balaban J connectivity index is 1.95. The van der Waals surface area contributed by atoms with Gasteiger partial charge in [-0.3, -0.25) is 9.69 Å². The zero-order valence-corrected chi connectivity index (χ0v) is 18.6. The molecule has 148 valence electrons. The summed E-state index contributed by atoms with van der Waals surface area (Å²) in [6, 6.07) is 14.0. The number of fused-ring (bicyclic) bond motifs is 1. The first kappa shape index (κ1) is 20.8. The van der Waals surface area contributed by atoms with Crippen LogP contribution in [0.4, 0.5) is 5.13 Å².